The van der Waals surface area contributed by atoms with Crippen LogP contribution in [0, 0.1) is 0 Å². The smallest absolute Gasteiger partial charge is 0.0542 e. The third kappa shape index (κ3) is 55.9. The van der Waals surface area contributed by atoms with Crippen molar-refractivity contribution in [2.75, 3.05) is 315 Å². The van der Waals surface area contributed by atoms with Crippen LogP contribution in [0.2, 0.25) is 0 Å². The van der Waals surface area contributed by atoms with E-state index in [2.05, 4.69) is 68.6 Å². The van der Waals surface area contributed by atoms with Gasteiger partial charge in [0.1, 0.15) is 0 Å². The average Bonchev–Trinajstić information content (AvgIpc) is 1.82. The maximum Gasteiger partial charge on any atom is 0.0542 e. The molecule has 0 aliphatic rings. The second kappa shape index (κ2) is 71.8. The summed E-state index contributed by atoms with van der Waals surface area (Å²) in [5, 5.41) is 0. The summed E-state index contributed by atoms with van der Waals surface area (Å²) in [6, 6.07) is 0. The topological polar surface area (TPSA) is 462 Å². The molecule has 0 fully saturated rings. The Balaban J connectivity index is 7.37. The largest absolute Gasteiger partial charge is 0.330 e. The van der Waals surface area contributed by atoms with Crippen molar-refractivity contribution < 1.29 is 0 Å². The first kappa shape index (κ1) is 95.8. The van der Waals surface area contributed by atoms with Crippen molar-refractivity contribution >= 4 is 0 Å². The highest BCUT2D eigenvalue weighted by molar-refractivity contribution is 4.74. The SMILES string of the molecule is NCCCN(CN)CCCN(CCCN(CCCN)CCCN)CCCN(CCCN(CCCN(CN)CCCN)CN(CN)CCCN)CCCN(CCCN(CCCN(CN)CCCN)CCCN(CCCN)CCCN)CN(CCCN(CN)CCCN)CN(CN)CN. The molecule has 0 saturated carbocycles. The van der Waals surface area contributed by atoms with Crippen LogP contribution >= 0.6 is 0 Å². The molecule has 0 atom stereocenters. The van der Waals surface area contributed by atoms with Crippen molar-refractivity contribution in [1.82, 2.24) is 68.6 Å². The third-order valence-corrected chi connectivity index (χ3v) is 18.6. The molecular weight excluding hydrogens is 1220 g/mol. The van der Waals surface area contributed by atoms with Gasteiger partial charge in [0.25, 0.3) is 0 Å². The minimum absolute atomic E-state index is 0.392. The highest BCUT2D eigenvalue weighted by atomic mass is 15.4. The van der Waals surface area contributed by atoms with Crippen molar-refractivity contribution in [3.63, 3.8) is 0 Å². The molecule has 0 aliphatic carbocycles. The van der Waals surface area contributed by atoms with Crippen molar-refractivity contribution in [3.8, 4) is 0 Å². The first-order chi connectivity index (χ1) is 47.5. The lowest BCUT2D eigenvalue weighted by molar-refractivity contribution is 0.0626. The molecule has 0 aliphatic heterocycles. The minimum atomic E-state index is 0.392. The van der Waals surface area contributed by atoms with E-state index in [0.717, 1.165) is 325 Å². The monoisotopic (exact) mass is 1390 g/mol. The molecule has 32 N–H and O–H groups in total. The lowest BCUT2D eigenvalue weighted by atomic mass is 10.2. The van der Waals surface area contributed by atoms with E-state index in [-0.39, 0.29) is 0 Å². The molecule has 30 nitrogen and oxygen atoms in total. The lowest BCUT2D eigenvalue weighted by Crippen LogP contribution is -2.49. The summed E-state index contributed by atoms with van der Waals surface area (Å²) in [7, 11) is 0. The normalized spacial score (nSPS) is 12.7. The van der Waals surface area contributed by atoms with E-state index in [1.807, 2.05) is 0 Å². The molecule has 0 heterocycles. The minimum Gasteiger partial charge on any atom is -0.330 e. The first-order valence-corrected chi connectivity index (χ1v) is 38.8. The Labute approximate surface area is 595 Å². The van der Waals surface area contributed by atoms with Crippen LogP contribution in [-0.4, -0.2) is 384 Å². The maximum atomic E-state index is 6.41. The standard InChI is InChI=1S/C67H166N30/c68-20-1-29-84(30-2-21-69)38-10-40-86(44-13-49-89(58-77)33-5-24-72)42-12-43-88(46-15-53-93(65-95(62-81)37-9-28-76)56-18-51-91(60-79)35-7-26-74)48-17-55-94(66-96(67-97(63-82)64-83)57-19-52-92(61-80)36-8-27-75)54-16-47-87(45-14-50-90(59-78)34-6-25-73)41-11-39-85(31-3-22-70)32-4-23-71/h1-83H2. The Morgan fingerprint density at radius 2 is 0.227 bits per heavy atom. The predicted octanol–water partition coefficient (Wildman–Crippen LogP) is -4.46. The maximum absolute atomic E-state index is 6.41. The van der Waals surface area contributed by atoms with E-state index >= 15 is 0 Å². The van der Waals surface area contributed by atoms with Gasteiger partial charge in [-0.3, -0.25) is 44.1 Å². The van der Waals surface area contributed by atoms with Gasteiger partial charge in [-0.15, -0.1) is 0 Å². The molecule has 97 heavy (non-hydrogen) atoms. The van der Waals surface area contributed by atoms with Crippen molar-refractivity contribution in [2.45, 2.75) is 122 Å². The molecule has 0 bridgehead atoms. The molecule has 30 heteroatoms. The van der Waals surface area contributed by atoms with Crippen LogP contribution in [0.4, 0.5) is 0 Å². The first-order valence-electron chi connectivity index (χ1n) is 38.8. The lowest BCUT2D eigenvalue weighted by Gasteiger charge is -2.35. The van der Waals surface area contributed by atoms with Crippen molar-refractivity contribution in [1.29, 1.82) is 0 Å². The van der Waals surface area contributed by atoms with Crippen molar-refractivity contribution in [3.05, 3.63) is 0 Å². The molecular formula is C67H166N30. The van der Waals surface area contributed by atoms with Crippen LogP contribution in [0.1, 0.15) is 122 Å². The summed E-state index contributed by atoms with van der Waals surface area (Å²) in [5.41, 5.74) is 98.0. The molecule has 0 unspecified atom stereocenters. The molecule has 0 saturated heterocycles. The Bertz CT molecular complexity index is 1540. The van der Waals surface area contributed by atoms with E-state index in [9.17, 15) is 0 Å². The molecule has 0 aromatic carbocycles. The Hall–Kier alpha value is -1.20. The van der Waals surface area contributed by atoms with Gasteiger partial charge in [0, 0.05) is 138 Å². The van der Waals surface area contributed by atoms with Crippen LogP contribution in [0.3, 0.4) is 0 Å². The number of hydrogen-bond acceptors (Lipinski definition) is 30. The zero-order chi connectivity index (χ0) is 71.5. The van der Waals surface area contributed by atoms with Crippen LogP contribution in [-0.2, 0) is 0 Å². The third-order valence-electron chi connectivity index (χ3n) is 18.6. The van der Waals surface area contributed by atoms with Gasteiger partial charge >= 0.3 is 0 Å². The van der Waals surface area contributed by atoms with E-state index in [0.29, 0.717) is 112 Å². The zero-order valence-corrected chi connectivity index (χ0v) is 62.9. The molecule has 0 spiro atoms. The second-order valence-corrected chi connectivity index (χ2v) is 26.9. The van der Waals surface area contributed by atoms with Gasteiger partial charge in [-0.25, -0.2) is 0 Å². The summed E-state index contributed by atoms with van der Waals surface area (Å²) in [6.45, 7) is 40.3. The molecule has 0 radical (unpaired) electrons. The van der Waals surface area contributed by atoms with Gasteiger partial charge in [0.2, 0.25) is 0 Å². The number of hydrogen-bond donors (Lipinski definition) is 16. The fourth-order valence-electron chi connectivity index (χ4n) is 12.8. The number of nitrogens with two attached hydrogens (primary N) is 16. The van der Waals surface area contributed by atoms with Crippen LogP contribution in [0.15, 0.2) is 0 Å². The summed E-state index contributed by atoms with van der Waals surface area (Å²) < 4.78 is 0. The summed E-state index contributed by atoms with van der Waals surface area (Å²) in [6.07, 6.45) is 19.2. The highest BCUT2D eigenvalue weighted by Crippen LogP contribution is 2.11. The molecule has 584 valence electrons. The quantitative estimate of drug-likeness (QED) is 0.0255. The second-order valence-electron chi connectivity index (χ2n) is 26.9. The van der Waals surface area contributed by atoms with E-state index < -0.39 is 0 Å². The van der Waals surface area contributed by atoms with Gasteiger partial charge < -0.3 is 116 Å². The van der Waals surface area contributed by atoms with E-state index in [4.69, 9.17) is 91.7 Å². The van der Waals surface area contributed by atoms with Crippen LogP contribution in [0.5, 0.6) is 0 Å². The van der Waals surface area contributed by atoms with E-state index in [1.165, 1.54) is 0 Å². The molecule has 0 aromatic heterocycles. The number of rotatable bonds is 80. The molecule has 0 aromatic rings. The molecule has 0 rings (SSSR count). The van der Waals surface area contributed by atoms with Gasteiger partial charge in [0.15, 0.2) is 0 Å². The fourth-order valence-corrected chi connectivity index (χ4v) is 12.8. The highest BCUT2D eigenvalue weighted by Gasteiger charge is 2.20. The molecule has 0 amide bonds. The van der Waals surface area contributed by atoms with Gasteiger partial charge in [-0.2, -0.15) is 0 Å². The Morgan fingerprint density at radius 3 is 0.412 bits per heavy atom. The zero-order valence-electron chi connectivity index (χ0n) is 62.9. The Morgan fingerprint density at radius 1 is 0.103 bits per heavy atom. The number of nitrogens with zero attached hydrogens (tertiary/aromatic N) is 14. The summed E-state index contributed by atoms with van der Waals surface area (Å²) in [4.78, 5) is 35.0. The fraction of sp³-hybridized carbons (Fsp3) is 1.00. The predicted molar refractivity (Wildman–Crippen MR) is 414 cm³/mol. The van der Waals surface area contributed by atoms with E-state index in [1.54, 1.807) is 0 Å². The Kier molecular flexibility index (Phi) is 70.9. The van der Waals surface area contributed by atoms with Crippen LogP contribution < -0.4 is 91.7 Å². The average molecular weight is 1390 g/mol. The van der Waals surface area contributed by atoms with Gasteiger partial charge in [-0.1, -0.05) is 0 Å². The van der Waals surface area contributed by atoms with Gasteiger partial charge in [-0.05, 0) is 279 Å². The van der Waals surface area contributed by atoms with Crippen molar-refractivity contribution in [2.24, 2.45) is 91.7 Å². The summed E-state index contributed by atoms with van der Waals surface area (Å²) >= 11 is 0. The van der Waals surface area contributed by atoms with Gasteiger partial charge in [0.05, 0.1) is 20.0 Å². The summed E-state index contributed by atoms with van der Waals surface area (Å²) in [5.74, 6) is 0. The van der Waals surface area contributed by atoms with Crippen LogP contribution in [0.25, 0.3) is 0 Å².